The zero-order valence-corrected chi connectivity index (χ0v) is 11.1. The van der Waals surface area contributed by atoms with Gasteiger partial charge in [0.15, 0.2) is 0 Å². The molecule has 0 spiro atoms. The van der Waals surface area contributed by atoms with Crippen LogP contribution in [0.5, 0.6) is 11.5 Å². The van der Waals surface area contributed by atoms with E-state index >= 15 is 0 Å². The summed E-state index contributed by atoms with van der Waals surface area (Å²) < 4.78 is 10.7. The number of methoxy groups -OCH3 is 2. The van der Waals surface area contributed by atoms with E-state index in [0.29, 0.717) is 21.3 Å². The van der Waals surface area contributed by atoms with Gasteiger partial charge in [-0.15, -0.1) is 11.8 Å². The number of carbonyl (C=O) groups is 1. The molecule has 0 aliphatic carbocycles. The third-order valence-corrected chi connectivity index (χ3v) is 3.40. The summed E-state index contributed by atoms with van der Waals surface area (Å²) in [7, 11) is 3.09. The predicted molar refractivity (Wildman–Crippen MR) is 71.3 cm³/mol. The SMILES string of the molecule is COc1ccc(C(=S)SCC(=O)O)c(OC)c1. The van der Waals surface area contributed by atoms with Crippen LogP contribution in [0.1, 0.15) is 5.56 Å². The van der Waals surface area contributed by atoms with E-state index in [1.165, 1.54) is 7.11 Å². The molecule has 0 radical (unpaired) electrons. The summed E-state index contributed by atoms with van der Waals surface area (Å²) in [5.41, 5.74) is 0.703. The van der Waals surface area contributed by atoms with Crippen molar-refractivity contribution < 1.29 is 19.4 Å². The normalized spacial score (nSPS) is 9.76. The Morgan fingerprint density at radius 2 is 2.12 bits per heavy atom. The second-order valence-electron chi connectivity index (χ2n) is 3.04. The molecule has 0 aliphatic heterocycles. The molecule has 0 atom stereocenters. The average molecular weight is 272 g/mol. The highest BCUT2D eigenvalue weighted by Crippen LogP contribution is 2.28. The molecule has 1 aromatic rings. The molecule has 0 fully saturated rings. The van der Waals surface area contributed by atoms with Crippen molar-refractivity contribution in [3.8, 4) is 11.5 Å². The lowest BCUT2D eigenvalue weighted by Crippen LogP contribution is -2.03. The van der Waals surface area contributed by atoms with Crippen molar-refractivity contribution in [2.24, 2.45) is 0 Å². The third kappa shape index (κ3) is 3.90. The molecule has 6 heteroatoms. The number of thiocarbonyl (C=S) groups is 1. The number of thioether (sulfide) groups is 1. The van der Waals surface area contributed by atoms with Crippen LogP contribution in [0, 0.1) is 0 Å². The van der Waals surface area contributed by atoms with Crippen LogP contribution in [0.2, 0.25) is 0 Å². The molecule has 92 valence electrons. The van der Waals surface area contributed by atoms with Gasteiger partial charge in [0.2, 0.25) is 0 Å². The lowest BCUT2D eigenvalue weighted by molar-refractivity contribution is -0.133. The molecule has 0 unspecified atom stereocenters. The van der Waals surface area contributed by atoms with Gasteiger partial charge in [-0.1, -0.05) is 12.2 Å². The smallest absolute Gasteiger partial charge is 0.313 e. The molecular weight excluding hydrogens is 260 g/mol. The summed E-state index contributed by atoms with van der Waals surface area (Å²) in [5.74, 6) is 0.280. The molecule has 0 aliphatic rings. The van der Waals surface area contributed by atoms with Crippen molar-refractivity contribution in [2.75, 3.05) is 20.0 Å². The summed E-state index contributed by atoms with van der Waals surface area (Å²) in [4.78, 5) is 10.5. The molecular formula is C11H12O4S2. The highest BCUT2D eigenvalue weighted by molar-refractivity contribution is 8.24. The fourth-order valence-corrected chi connectivity index (χ4v) is 2.10. The summed E-state index contributed by atoms with van der Waals surface area (Å²) in [5, 5.41) is 8.59. The molecule has 1 aromatic carbocycles. The largest absolute Gasteiger partial charge is 0.497 e. The highest BCUT2D eigenvalue weighted by atomic mass is 32.2. The van der Waals surface area contributed by atoms with Crippen LogP contribution < -0.4 is 9.47 Å². The minimum Gasteiger partial charge on any atom is -0.497 e. The van der Waals surface area contributed by atoms with Gasteiger partial charge in [0.25, 0.3) is 0 Å². The van der Waals surface area contributed by atoms with Gasteiger partial charge in [-0.3, -0.25) is 4.79 Å². The van der Waals surface area contributed by atoms with Gasteiger partial charge in [0.05, 0.1) is 24.2 Å². The number of hydrogen-bond acceptors (Lipinski definition) is 5. The molecule has 4 nitrogen and oxygen atoms in total. The van der Waals surface area contributed by atoms with Crippen LogP contribution in [0.4, 0.5) is 0 Å². The fourth-order valence-electron chi connectivity index (χ4n) is 1.17. The summed E-state index contributed by atoms with van der Waals surface area (Å²) in [6.45, 7) is 0. The van der Waals surface area contributed by atoms with Gasteiger partial charge in [-0.2, -0.15) is 0 Å². The Bertz CT molecular complexity index is 431. The van der Waals surface area contributed by atoms with E-state index in [9.17, 15) is 4.79 Å². The topological polar surface area (TPSA) is 55.8 Å². The Hall–Kier alpha value is -1.27. The second kappa shape index (κ2) is 6.46. The van der Waals surface area contributed by atoms with Gasteiger partial charge < -0.3 is 14.6 Å². The standard InChI is InChI=1S/C11H12O4S2/c1-14-7-3-4-8(9(5-7)15-2)11(16)17-6-10(12)13/h3-5H,6H2,1-2H3,(H,12,13). The molecule has 1 rings (SSSR count). The summed E-state index contributed by atoms with van der Waals surface area (Å²) in [6, 6.07) is 5.23. The zero-order valence-electron chi connectivity index (χ0n) is 9.43. The van der Waals surface area contributed by atoms with Crippen molar-refractivity contribution in [3.05, 3.63) is 23.8 Å². The van der Waals surface area contributed by atoms with E-state index in [-0.39, 0.29) is 5.75 Å². The molecule has 0 saturated carbocycles. The molecule has 0 saturated heterocycles. The zero-order chi connectivity index (χ0) is 12.8. The van der Waals surface area contributed by atoms with Crippen molar-refractivity contribution in [3.63, 3.8) is 0 Å². The first-order valence-corrected chi connectivity index (χ1v) is 6.08. The Morgan fingerprint density at radius 1 is 1.41 bits per heavy atom. The maximum Gasteiger partial charge on any atom is 0.313 e. The lowest BCUT2D eigenvalue weighted by atomic mass is 10.2. The number of carboxylic acid groups (broad SMARTS) is 1. The Balaban J connectivity index is 2.89. The van der Waals surface area contributed by atoms with Crippen LogP contribution in [-0.2, 0) is 4.79 Å². The summed E-state index contributed by atoms with van der Waals surface area (Å²) >= 11 is 6.24. The van der Waals surface area contributed by atoms with Crippen LogP contribution in [-0.4, -0.2) is 35.2 Å². The quantitative estimate of drug-likeness (QED) is 0.829. The van der Waals surface area contributed by atoms with E-state index in [0.717, 1.165) is 11.8 Å². The number of ether oxygens (including phenoxy) is 2. The van der Waals surface area contributed by atoms with E-state index in [4.69, 9.17) is 26.8 Å². The first-order chi connectivity index (χ1) is 8.08. The summed E-state index contributed by atoms with van der Waals surface area (Å²) in [6.07, 6.45) is 0. The van der Waals surface area contributed by atoms with Crippen LogP contribution in [0.25, 0.3) is 0 Å². The molecule has 1 N–H and O–H groups in total. The Labute approximate surface area is 109 Å². The highest BCUT2D eigenvalue weighted by Gasteiger charge is 2.11. The van der Waals surface area contributed by atoms with Gasteiger partial charge in [-0.05, 0) is 12.1 Å². The first kappa shape index (κ1) is 13.8. The predicted octanol–water partition coefficient (Wildman–Crippen LogP) is 2.20. The minimum atomic E-state index is -0.898. The monoisotopic (exact) mass is 272 g/mol. The number of aliphatic carboxylic acids is 1. The van der Waals surface area contributed by atoms with Crippen molar-refractivity contribution in [1.82, 2.24) is 0 Å². The fraction of sp³-hybridized carbons (Fsp3) is 0.273. The second-order valence-corrected chi connectivity index (χ2v) is 4.69. The van der Waals surface area contributed by atoms with Gasteiger partial charge in [0, 0.05) is 11.6 Å². The number of rotatable bonds is 5. The van der Waals surface area contributed by atoms with Crippen molar-refractivity contribution >= 4 is 34.1 Å². The Morgan fingerprint density at radius 3 is 2.65 bits per heavy atom. The van der Waals surface area contributed by atoms with Crippen LogP contribution >= 0.6 is 24.0 Å². The molecule has 0 amide bonds. The van der Waals surface area contributed by atoms with Crippen LogP contribution in [0.15, 0.2) is 18.2 Å². The van der Waals surface area contributed by atoms with E-state index < -0.39 is 5.97 Å². The molecule has 0 heterocycles. The first-order valence-electron chi connectivity index (χ1n) is 4.69. The molecule has 0 aromatic heterocycles. The number of hydrogen-bond donors (Lipinski definition) is 1. The van der Waals surface area contributed by atoms with Gasteiger partial charge in [-0.25, -0.2) is 0 Å². The van der Waals surface area contributed by atoms with Crippen molar-refractivity contribution in [1.29, 1.82) is 0 Å². The maximum atomic E-state index is 10.5. The minimum absolute atomic E-state index is 0.0615. The number of benzene rings is 1. The van der Waals surface area contributed by atoms with E-state index in [1.807, 2.05) is 0 Å². The maximum absolute atomic E-state index is 10.5. The van der Waals surface area contributed by atoms with E-state index in [2.05, 4.69) is 0 Å². The van der Waals surface area contributed by atoms with Gasteiger partial charge >= 0.3 is 5.97 Å². The average Bonchev–Trinajstić information content (AvgIpc) is 2.34. The van der Waals surface area contributed by atoms with Crippen molar-refractivity contribution in [2.45, 2.75) is 0 Å². The van der Waals surface area contributed by atoms with Crippen LogP contribution in [0.3, 0.4) is 0 Å². The number of carboxylic acids is 1. The Kier molecular flexibility index (Phi) is 5.24. The lowest BCUT2D eigenvalue weighted by Gasteiger charge is -2.10. The van der Waals surface area contributed by atoms with E-state index in [1.54, 1.807) is 25.3 Å². The molecule has 0 bridgehead atoms. The van der Waals surface area contributed by atoms with Gasteiger partial charge in [0.1, 0.15) is 11.5 Å². The molecule has 17 heavy (non-hydrogen) atoms. The third-order valence-electron chi connectivity index (χ3n) is 1.96.